The van der Waals surface area contributed by atoms with Crippen molar-refractivity contribution in [3.63, 3.8) is 0 Å². The second-order valence-electron chi connectivity index (χ2n) is 6.66. The number of hydrogen-bond acceptors (Lipinski definition) is 3. The lowest BCUT2D eigenvalue weighted by Gasteiger charge is -2.30. The molecule has 29 heavy (non-hydrogen) atoms. The van der Waals surface area contributed by atoms with Crippen LogP contribution in [-0.2, 0) is 0 Å². The fraction of sp³-hybridized carbons (Fsp3) is 0.0833. The summed E-state index contributed by atoms with van der Waals surface area (Å²) in [5.74, 6) is 0.507. The number of hydrogen-bond donors (Lipinski definition) is 2. The minimum atomic E-state index is -0.609. The minimum absolute atomic E-state index is 0.148. The van der Waals surface area contributed by atoms with Crippen LogP contribution in [0.15, 0.2) is 90.5 Å². The summed E-state index contributed by atoms with van der Waals surface area (Å²) in [4.78, 5) is 26.0. The lowest BCUT2D eigenvalue weighted by Crippen LogP contribution is -2.45. The van der Waals surface area contributed by atoms with E-state index in [0.717, 1.165) is 11.1 Å². The largest absolute Gasteiger partial charge is 0.497 e. The Morgan fingerprint density at radius 2 is 1.59 bits per heavy atom. The number of benzene rings is 3. The van der Waals surface area contributed by atoms with Crippen molar-refractivity contribution in [1.82, 2.24) is 10.6 Å². The van der Waals surface area contributed by atoms with Crippen molar-refractivity contribution in [2.24, 2.45) is 0 Å². The van der Waals surface area contributed by atoms with Gasteiger partial charge in [-0.1, -0.05) is 72.8 Å². The molecule has 4 rings (SSSR count). The normalized spacial score (nSPS) is 16.0. The van der Waals surface area contributed by atoms with Crippen molar-refractivity contribution in [2.45, 2.75) is 6.04 Å². The molecule has 0 aromatic heterocycles. The molecule has 0 aliphatic carbocycles. The molecule has 0 spiro atoms. The average Bonchev–Trinajstić information content (AvgIpc) is 2.79. The first-order chi connectivity index (χ1) is 14.2. The molecule has 144 valence electrons. The Kier molecular flexibility index (Phi) is 5.12. The molecule has 0 saturated carbocycles. The maximum Gasteiger partial charge on any atom is 0.320 e. The maximum atomic E-state index is 13.5. The monoisotopic (exact) mass is 384 g/mol. The first-order valence-corrected chi connectivity index (χ1v) is 9.28. The van der Waals surface area contributed by atoms with E-state index in [0.29, 0.717) is 22.6 Å². The molecule has 0 fully saturated rings. The van der Waals surface area contributed by atoms with Crippen LogP contribution in [-0.4, -0.2) is 18.9 Å². The highest BCUT2D eigenvalue weighted by atomic mass is 16.5. The highest BCUT2D eigenvalue weighted by molar-refractivity contribution is 6.16. The Balaban J connectivity index is 1.92. The van der Waals surface area contributed by atoms with Gasteiger partial charge >= 0.3 is 6.03 Å². The van der Waals surface area contributed by atoms with Crippen molar-refractivity contribution in [3.05, 3.63) is 107 Å². The van der Waals surface area contributed by atoms with Crippen LogP contribution in [0.2, 0.25) is 0 Å². The Labute approximate surface area is 169 Å². The molecule has 5 nitrogen and oxygen atoms in total. The fourth-order valence-corrected chi connectivity index (χ4v) is 3.46. The van der Waals surface area contributed by atoms with E-state index in [1.165, 1.54) is 0 Å². The molecule has 1 aliphatic heterocycles. The smallest absolute Gasteiger partial charge is 0.320 e. The van der Waals surface area contributed by atoms with Crippen molar-refractivity contribution in [1.29, 1.82) is 0 Å². The number of nitrogens with one attached hydrogen (secondary N) is 2. The summed E-state index contributed by atoms with van der Waals surface area (Å²) in [6, 6.07) is 24.9. The summed E-state index contributed by atoms with van der Waals surface area (Å²) >= 11 is 0. The van der Waals surface area contributed by atoms with Crippen molar-refractivity contribution in [3.8, 4) is 5.75 Å². The zero-order chi connectivity index (χ0) is 20.2. The van der Waals surface area contributed by atoms with Crippen LogP contribution in [0.5, 0.6) is 5.75 Å². The van der Waals surface area contributed by atoms with Gasteiger partial charge in [-0.2, -0.15) is 0 Å². The number of urea groups is 1. The molecular weight excluding hydrogens is 364 g/mol. The quantitative estimate of drug-likeness (QED) is 0.643. The van der Waals surface area contributed by atoms with E-state index in [9.17, 15) is 9.59 Å². The molecule has 5 heteroatoms. The zero-order valence-corrected chi connectivity index (χ0v) is 15.9. The summed E-state index contributed by atoms with van der Waals surface area (Å²) in [7, 11) is 1.58. The lowest BCUT2D eigenvalue weighted by atomic mass is 9.87. The zero-order valence-electron chi connectivity index (χ0n) is 15.9. The summed E-state index contributed by atoms with van der Waals surface area (Å²) in [6.45, 7) is 0. The number of amides is 2. The minimum Gasteiger partial charge on any atom is -0.497 e. The number of carbonyl (C=O) groups is 2. The third-order valence-corrected chi connectivity index (χ3v) is 4.84. The second-order valence-corrected chi connectivity index (χ2v) is 6.66. The Bertz CT molecular complexity index is 1080. The Hall–Kier alpha value is -3.86. The molecule has 1 heterocycles. The van der Waals surface area contributed by atoms with Gasteiger partial charge in [0, 0.05) is 5.56 Å². The van der Waals surface area contributed by atoms with E-state index in [1.807, 2.05) is 72.8 Å². The molecular formula is C24H20N2O3. The Morgan fingerprint density at radius 1 is 0.897 bits per heavy atom. The topological polar surface area (TPSA) is 67.4 Å². The van der Waals surface area contributed by atoms with E-state index in [4.69, 9.17) is 4.74 Å². The van der Waals surface area contributed by atoms with Crippen LogP contribution < -0.4 is 15.4 Å². The summed E-state index contributed by atoms with van der Waals surface area (Å²) in [6.07, 6.45) is 0. The number of ether oxygens (including phenoxy) is 1. The van der Waals surface area contributed by atoms with Crippen molar-refractivity contribution >= 4 is 17.5 Å². The average molecular weight is 384 g/mol. The van der Waals surface area contributed by atoms with Crippen LogP contribution in [0.25, 0.3) is 5.70 Å². The summed E-state index contributed by atoms with van der Waals surface area (Å²) in [5.41, 5.74) is 3.09. The second kappa shape index (κ2) is 8.02. The molecule has 1 aliphatic rings. The molecule has 1 atom stereocenters. The van der Waals surface area contributed by atoms with E-state index in [2.05, 4.69) is 10.6 Å². The molecule has 0 saturated heterocycles. The van der Waals surface area contributed by atoms with Gasteiger partial charge in [0.15, 0.2) is 5.78 Å². The van der Waals surface area contributed by atoms with Crippen molar-refractivity contribution < 1.29 is 14.3 Å². The van der Waals surface area contributed by atoms with Crippen LogP contribution in [0.4, 0.5) is 4.79 Å². The predicted molar refractivity (Wildman–Crippen MR) is 112 cm³/mol. The molecule has 0 unspecified atom stereocenters. The number of ketones is 1. The van der Waals surface area contributed by atoms with Gasteiger partial charge in [-0.3, -0.25) is 4.79 Å². The maximum absolute atomic E-state index is 13.5. The van der Waals surface area contributed by atoms with Crippen LogP contribution >= 0.6 is 0 Å². The van der Waals surface area contributed by atoms with Gasteiger partial charge in [-0.05, 0) is 23.3 Å². The third kappa shape index (κ3) is 3.75. The van der Waals surface area contributed by atoms with Gasteiger partial charge in [0.25, 0.3) is 0 Å². The summed E-state index contributed by atoms with van der Waals surface area (Å²) in [5, 5.41) is 5.74. The Morgan fingerprint density at radius 3 is 2.28 bits per heavy atom. The van der Waals surface area contributed by atoms with Crippen LogP contribution in [0.1, 0.15) is 27.5 Å². The lowest BCUT2D eigenvalue weighted by molar-refractivity contribution is 0.102. The van der Waals surface area contributed by atoms with Crippen molar-refractivity contribution in [2.75, 3.05) is 7.11 Å². The molecule has 0 radical (unpaired) electrons. The van der Waals surface area contributed by atoms with E-state index < -0.39 is 6.04 Å². The summed E-state index contributed by atoms with van der Waals surface area (Å²) < 4.78 is 5.34. The molecule has 0 bridgehead atoms. The van der Waals surface area contributed by atoms with Crippen LogP contribution in [0, 0.1) is 0 Å². The molecule has 2 N–H and O–H groups in total. The number of methoxy groups -OCH3 is 1. The first kappa shape index (κ1) is 18.5. The van der Waals surface area contributed by atoms with E-state index in [1.54, 1.807) is 19.2 Å². The molecule has 2 amide bonds. The van der Waals surface area contributed by atoms with E-state index >= 15 is 0 Å². The number of Topliss-reactive ketones (excluding diaryl/α,β-unsaturated/α-hetero) is 1. The van der Waals surface area contributed by atoms with Crippen LogP contribution in [0.3, 0.4) is 0 Å². The van der Waals surface area contributed by atoms with E-state index in [-0.39, 0.29) is 11.8 Å². The molecule has 3 aromatic carbocycles. The third-order valence-electron chi connectivity index (χ3n) is 4.84. The highest BCUT2D eigenvalue weighted by Crippen LogP contribution is 2.34. The standard InChI is InChI=1S/C24H20N2O3/c1-29-19-14-8-13-18(15-19)22-20(23(27)17-11-6-3-7-12-17)21(25-24(28)26-22)16-9-4-2-5-10-16/h2-15,22H,1H3,(H2,25,26,28)/t22-/m0/s1. The number of rotatable bonds is 5. The predicted octanol–water partition coefficient (Wildman–Crippen LogP) is 4.34. The van der Waals surface area contributed by atoms with Gasteiger partial charge in [-0.25, -0.2) is 4.79 Å². The van der Waals surface area contributed by atoms with Gasteiger partial charge < -0.3 is 15.4 Å². The van der Waals surface area contributed by atoms with Gasteiger partial charge in [-0.15, -0.1) is 0 Å². The molecule has 3 aromatic rings. The fourth-order valence-electron chi connectivity index (χ4n) is 3.46. The van der Waals surface area contributed by atoms with Gasteiger partial charge in [0.2, 0.25) is 0 Å². The van der Waals surface area contributed by atoms with Gasteiger partial charge in [0.05, 0.1) is 24.4 Å². The van der Waals surface area contributed by atoms with Gasteiger partial charge in [0.1, 0.15) is 5.75 Å². The SMILES string of the molecule is COc1cccc([C@@H]2NC(=O)NC(c3ccccc3)=C2C(=O)c2ccccc2)c1. The number of carbonyl (C=O) groups excluding carboxylic acids is 2. The highest BCUT2D eigenvalue weighted by Gasteiger charge is 2.33. The first-order valence-electron chi connectivity index (χ1n) is 9.28.